The Morgan fingerprint density at radius 1 is 1.40 bits per heavy atom. The summed E-state index contributed by atoms with van der Waals surface area (Å²) in [5.74, 6) is 0.426. The Balaban J connectivity index is 0.00000112. The van der Waals surface area contributed by atoms with E-state index in [0.717, 1.165) is 0 Å². The molecule has 1 aromatic rings. The van der Waals surface area contributed by atoms with Crippen molar-refractivity contribution >= 4 is 28.3 Å². The lowest BCUT2D eigenvalue weighted by atomic mass is 10.4. The Bertz CT molecular complexity index is 363. The number of imidazole rings is 1. The van der Waals surface area contributed by atoms with Crippen LogP contribution < -0.4 is 5.32 Å². The van der Waals surface area contributed by atoms with Gasteiger partial charge in [0, 0.05) is 13.1 Å². The van der Waals surface area contributed by atoms with Gasteiger partial charge in [-0.3, -0.25) is 0 Å². The minimum atomic E-state index is -4.39. The lowest BCUT2D eigenvalue weighted by Crippen LogP contribution is -2.28. The molecule has 15 heavy (non-hydrogen) atoms. The van der Waals surface area contributed by atoms with Crippen molar-refractivity contribution < 1.29 is 13.2 Å². The Morgan fingerprint density at radius 3 is 2.60 bits per heavy atom. The predicted molar refractivity (Wildman–Crippen MR) is 53.9 cm³/mol. The van der Waals surface area contributed by atoms with Crippen LogP contribution in [0.2, 0.25) is 0 Å². The Hall–Kier alpha value is -0.270. The Labute approximate surface area is 98.6 Å². The van der Waals surface area contributed by atoms with Crippen molar-refractivity contribution in [3.05, 3.63) is 16.1 Å². The standard InChI is InChI=1S/C7H7BrF3N3.ClH/c8-6-5(7(9,10)11)13-4-3-12-1-2-14(4)6;/h12H,1-3H2;1H. The molecule has 0 fully saturated rings. The van der Waals surface area contributed by atoms with E-state index in [9.17, 15) is 13.2 Å². The molecule has 0 saturated heterocycles. The van der Waals surface area contributed by atoms with Gasteiger partial charge in [-0.2, -0.15) is 13.2 Å². The number of fused-ring (bicyclic) bond motifs is 1. The molecule has 0 bridgehead atoms. The maximum Gasteiger partial charge on any atom is 0.436 e. The van der Waals surface area contributed by atoms with Crippen LogP contribution in [0.3, 0.4) is 0 Å². The van der Waals surface area contributed by atoms with Crippen molar-refractivity contribution in [3.63, 3.8) is 0 Å². The molecule has 2 rings (SSSR count). The lowest BCUT2D eigenvalue weighted by Gasteiger charge is -2.15. The fourth-order valence-electron chi connectivity index (χ4n) is 1.41. The molecule has 0 radical (unpaired) electrons. The predicted octanol–water partition coefficient (Wildman–Crippen LogP) is 2.19. The molecule has 3 nitrogen and oxygen atoms in total. The van der Waals surface area contributed by atoms with Crippen LogP contribution in [0.1, 0.15) is 11.5 Å². The highest BCUT2D eigenvalue weighted by atomic mass is 79.9. The van der Waals surface area contributed by atoms with E-state index >= 15 is 0 Å². The lowest BCUT2D eigenvalue weighted by molar-refractivity contribution is -0.141. The van der Waals surface area contributed by atoms with Crippen LogP contribution >= 0.6 is 28.3 Å². The third kappa shape index (κ3) is 2.29. The minimum Gasteiger partial charge on any atom is -0.320 e. The van der Waals surface area contributed by atoms with E-state index in [1.54, 1.807) is 4.57 Å². The largest absolute Gasteiger partial charge is 0.436 e. The summed E-state index contributed by atoms with van der Waals surface area (Å²) in [5.41, 5.74) is -0.837. The van der Waals surface area contributed by atoms with Gasteiger partial charge in [-0.25, -0.2) is 4.98 Å². The summed E-state index contributed by atoms with van der Waals surface area (Å²) in [6.07, 6.45) is -4.39. The number of rotatable bonds is 0. The number of hydrogen-bond acceptors (Lipinski definition) is 2. The summed E-state index contributed by atoms with van der Waals surface area (Å²) in [6.45, 7) is 1.56. The van der Waals surface area contributed by atoms with Gasteiger partial charge in [0.25, 0.3) is 0 Å². The first-order valence-corrected chi connectivity index (χ1v) is 4.82. The Morgan fingerprint density at radius 2 is 2.07 bits per heavy atom. The van der Waals surface area contributed by atoms with Gasteiger partial charge in [-0.1, -0.05) is 0 Å². The van der Waals surface area contributed by atoms with Gasteiger partial charge >= 0.3 is 6.18 Å². The average molecular weight is 307 g/mol. The van der Waals surface area contributed by atoms with Crippen molar-refractivity contribution in [2.24, 2.45) is 0 Å². The molecule has 8 heteroatoms. The van der Waals surface area contributed by atoms with Crippen molar-refractivity contribution in [1.82, 2.24) is 14.9 Å². The number of alkyl halides is 3. The van der Waals surface area contributed by atoms with E-state index < -0.39 is 11.9 Å². The topological polar surface area (TPSA) is 29.9 Å². The second-order valence-corrected chi connectivity index (χ2v) is 3.74. The van der Waals surface area contributed by atoms with E-state index in [0.29, 0.717) is 25.5 Å². The number of nitrogens with zero attached hydrogens (tertiary/aromatic N) is 2. The highest BCUT2D eigenvalue weighted by Gasteiger charge is 2.38. The molecule has 1 aliphatic heterocycles. The Kier molecular flexibility index (Phi) is 3.67. The van der Waals surface area contributed by atoms with E-state index in [4.69, 9.17) is 0 Å². The molecule has 2 heterocycles. The van der Waals surface area contributed by atoms with Crippen LogP contribution in [0.4, 0.5) is 13.2 Å². The highest BCUT2D eigenvalue weighted by molar-refractivity contribution is 9.10. The second-order valence-electron chi connectivity index (χ2n) is 2.99. The zero-order chi connectivity index (χ0) is 10.3. The zero-order valence-electron chi connectivity index (χ0n) is 7.44. The number of aromatic nitrogens is 2. The normalized spacial score (nSPS) is 15.7. The third-order valence-electron chi connectivity index (χ3n) is 2.05. The molecule has 1 aromatic heterocycles. The molecule has 0 aromatic carbocycles. The zero-order valence-corrected chi connectivity index (χ0v) is 9.84. The van der Waals surface area contributed by atoms with Gasteiger partial charge in [0.1, 0.15) is 10.4 Å². The van der Waals surface area contributed by atoms with Crippen LogP contribution in [-0.2, 0) is 19.3 Å². The first-order valence-electron chi connectivity index (χ1n) is 4.03. The van der Waals surface area contributed by atoms with Crippen LogP contribution in [-0.4, -0.2) is 16.1 Å². The second kappa shape index (κ2) is 4.31. The molecular weight excluding hydrogens is 298 g/mol. The molecular formula is C7H8BrClF3N3. The molecule has 86 valence electrons. The molecule has 0 saturated carbocycles. The van der Waals surface area contributed by atoms with Crippen LogP contribution in [0.25, 0.3) is 0 Å². The molecule has 0 amide bonds. The van der Waals surface area contributed by atoms with Crippen molar-refractivity contribution in [2.75, 3.05) is 6.54 Å². The maximum atomic E-state index is 12.4. The number of halogens is 5. The highest BCUT2D eigenvalue weighted by Crippen LogP contribution is 2.35. The molecule has 1 aliphatic rings. The van der Waals surface area contributed by atoms with E-state index in [1.165, 1.54) is 0 Å². The summed E-state index contributed by atoms with van der Waals surface area (Å²) >= 11 is 2.93. The molecule has 0 atom stereocenters. The van der Waals surface area contributed by atoms with Gasteiger partial charge in [0.2, 0.25) is 0 Å². The maximum absolute atomic E-state index is 12.4. The van der Waals surface area contributed by atoms with E-state index in [2.05, 4.69) is 26.2 Å². The van der Waals surface area contributed by atoms with Crippen molar-refractivity contribution in [2.45, 2.75) is 19.3 Å². The van der Waals surface area contributed by atoms with E-state index in [1.807, 2.05) is 0 Å². The van der Waals surface area contributed by atoms with Crippen LogP contribution in [0.15, 0.2) is 4.60 Å². The fraction of sp³-hybridized carbons (Fsp3) is 0.571. The third-order valence-corrected chi connectivity index (χ3v) is 2.85. The van der Waals surface area contributed by atoms with Crippen LogP contribution in [0, 0.1) is 0 Å². The molecule has 1 N–H and O–H groups in total. The minimum absolute atomic E-state index is 0. The van der Waals surface area contributed by atoms with Crippen molar-refractivity contribution in [3.8, 4) is 0 Å². The van der Waals surface area contributed by atoms with Crippen molar-refractivity contribution in [1.29, 1.82) is 0 Å². The summed E-state index contributed by atoms with van der Waals surface area (Å²) in [6, 6.07) is 0. The van der Waals surface area contributed by atoms with Gasteiger partial charge in [0.05, 0.1) is 6.54 Å². The van der Waals surface area contributed by atoms with Gasteiger partial charge in [-0.05, 0) is 15.9 Å². The molecule has 0 spiro atoms. The monoisotopic (exact) mass is 305 g/mol. The van der Waals surface area contributed by atoms with Gasteiger partial charge in [-0.15, -0.1) is 12.4 Å². The van der Waals surface area contributed by atoms with Gasteiger partial charge in [0.15, 0.2) is 5.69 Å². The summed E-state index contributed by atoms with van der Waals surface area (Å²) in [4.78, 5) is 3.55. The van der Waals surface area contributed by atoms with E-state index in [-0.39, 0.29) is 17.0 Å². The average Bonchev–Trinajstić information content (AvgIpc) is 2.44. The summed E-state index contributed by atoms with van der Waals surface area (Å²) in [5, 5.41) is 2.96. The summed E-state index contributed by atoms with van der Waals surface area (Å²) in [7, 11) is 0. The quantitative estimate of drug-likeness (QED) is 0.796. The summed E-state index contributed by atoms with van der Waals surface area (Å²) < 4.78 is 38.8. The molecule has 0 aliphatic carbocycles. The first-order chi connectivity index (χ1) is 6.50. The number of nitrogens with one attached hydrogen (secondary N) is 1. The SMILES string of the molecule is Cl.FC(F)(F)c1nc2n(c1Br)CCNC2. The first kappa shape index (κ1) is 12.8. The molecule has 0 unspecified atom stereocenters. The smallest absolute Gasteiger partial charge is 0.320 e. The van der Waals surface area contributed by atoms with Gasteiger partial charge < -0.3 is 9.88 Å². The fourth-order valence-corrected chi connectivity index (χ4v) is 2.11. The van der Waals surface area contributed by atoms with Crippen LogP contribution in [0.5, 0.6) is 0 Å². The number of hydrogen-bond donors (Lipinski definition) is 1.